The zero-order chi connectivity index (χ0) is 23.9. The number of hydrogen-bond donors (Lipinski definition) is 1. The summed E-state index contributed by atoms with van der Waals surface area (Å²) in [6.07, 6.45) is 5.19. The number of aromatic nitrogens is 2. The molecule has 0 unspecified atom stereocenters. The van der Waals surface area contributed by atoms with Gasteiger partial charge in [0.1, 0.15) is 11.4 Å². The second kappa shape index (κ2) is 11.0. The molecular weight excluding hydrogens is 452 g/mol. The number of ketones is 1. The fourth-order valence-electron chi connectivity index (χ4n) is 3.89. The van der Waals surface area contributed by atoms with E-state index < -0.39 is 0 Å². The predicted octanol–water partition coefficient (Wildman–Crippen LogP) is 4.17. The summed E-state index contributed by atoms with van der Waals surface area (Å²) in [5, 5.41) is 5.48. The molecule has 0 radical (unpaired) electrons. The van der Waals surface area contributed by atoms with Crippen LogP contribution in [0.5, 0.6) is 5.75 Å². The number of nitrogens with zero attached hydrogens (tertiary/aromatic N) is 3. The van der Waals surface area contributed by atoms with E-state index in [9.17, 15) is 14.4 Å². The number of rotatable bonds is 8. The van der Waals surface area contributed by atoms with Gasteiger partial charge in [-0.2, -0.15) is 0 Å². The fourth-order valence-corrected chi connectivity index (χ4v) is 4.86. The van der Waals surface area contributed by atoms with Crippen LogP contribution in [0.15, 0.2) is 54.2 Å². The number of anilines is 1. The molecule has 3 heterocycles. The van der Waals surface area contributed by atoms with Crippen molar-refractivity contribution in [3.05, 3.63) is 70.4 Å². The molecule has 1 aliphatic heterocycles. The summed E-state index contributed by atoms with van der Waals surface area (Å²) in [5.74, 6) is 0.596. The number of amides is 2. The molecule has 2 aromatic heterocycles. The highest BCUT2D eigenvalue weighted by atomic mass is 32.1. The van der Waals surface area contributed by atoms with E-state index in [0.29, 0.717) is 35.8 Å². The normalized spacial score (nSPS) is 14.0. The van der Waals surface area contributed by atoms with Crippen LogP contribution < -0.4 is 10.1 Å². The second-order valence-electron chi connectivity index (χ2n) is 8.07. The molecule has 1 aromatic carbocycles. The minimum absolute atomic E-state index is 0.00371. The first-order valence-electron chi connectivity index (χ1n) is 11.2. The molecule has 1 N–H and O–H groups in total. The number of hydrogen-bond acceptors (Lipinski definition) is 7. The molecule has 2 amide bonds. The standard InChI is InChI=1S/C25H26N4O4S/c1-33-20-6-4-17(5-7-20)22(30)8-9-23(31)29-13-10-18(11-14-29)25-28-21(16-34-25)24(32)27-19-3-2-12-26-15-19/h2-7,12,15-16,18H,8-11,13-14H2,1H3,(H,27,32). The largest absolute Gasteiger partial charge is 0.497 e. The highest BCUT2D eigenvalue weighted by Gasteiger charge is 2.26. The average Bonchev–Trinajstić information content (AvgIpc) is 3.38. The van der Waals surface area contributed by atoms with Crippen molar-refractivity contribution in [3.8, 4) is 5.75 Å². The van der Waals surface area contributed by atoms with Crippen LogP contribution in [0.3, 0.4) is 0 Å². The Hall–Kier alpha value is -3.59. The molecule has 1 saturated heterocycles. The van der Waals surface area contributed by atoms with Crippen LogP contribution in [0.2, 0.25) is 0 Å². The smallest absolute Gasteiger partial charge is 0.275 e. The van der Waals surface area contributed by atoms with Crippen molar-refractivity contribution in [2.75, 3.05) is 25.5 Å². The summed E-state index contributed by atoms with van der Waals surface area (Å²) in [4.78, 5) is 47.8. The number of ether oxygens (including phenoxy) is 1. The van der Waals surface area contributed by atoms with Crippen LogP contribution in [0.1, 0.15) is 57.5 Å². The lowest BCUT2D eigenvalue weighted by molar-refractivity contribution is -0.132. The monoisotopic (exact) mass is 478 g/mol. The zero-order valence-corrected chi connectivity index (χ0v) is 19.7. The van der Waals surface area contributed by atoms with Crippen molar-refractivity contribution in [1.82, 2.24) is 14.9 Å². The van der Waals surface area contributed by atoms with Gasteiger partial charge in [0.05, 0.1) is 24.0 Å². The third kappa shape index (κ3) is 5.85. The Labute approximate surface area is 202 Å². The van der Waals surface area contributed by atoms with Gasteiger partial charge in [-0.25, -0.2) is 4.98 Å². The first kappa shape index (κ1) is 23.6. The van der Waals surface area contributed by atoms with Crippen molar-refractivity contribution < 1.29 is 19.1 Å². The summed E-state index contributed by atoms with van der Waals surface area (Å²) in [6, 6.07) is 10.5. The number of benzene rings is 1. The van der Waals surface area contributed by atoms with Crippen molar-refractivity contribution in [3.63, 3.8) is 0 Å². The van der Waals surface area contributed by atoms with Gasteiger partial charge in [0, 0.05) is 49.0 Å². The van der Waals surface area contributed by atoms with E-state index in [-0.39, 0.29) is 36.4 Å². The number of carbonyl (C=O) groups is 3. The molecule has 0 spiro atoms. The highest BCUT2D eigenvalue weighted by molar-refractivity contribution is 7.10. The van der Waals surface area contributed by atoms with Crippen LogP contribution in [-0.4, -0.2) is 52.7 Å². The Bertz CT molecular complexity index is 1140. The van der Waals surface area contributed by atoms with E-state index in [2.05, 4.69) is 15.3 Å². The molecule has 0 aliphatic carbocycles. The molecule has 0 saturated carbocycles. The summed E-state index contributed by atoms with van der Waals surface area (Å²) < 4.78 is 5.11. The SMILES string of the molecule is COc1ccc(C(=O)CCC(=O)N2CCC(c3nc(C(=O)Nc4cccnc4)cs3)CC2)cc1. The third-order valence-corrected chi connectivity index (χ3v) is 6.86. The molecule has 1 aliphatic rings. The van der Waals surface area contributed by atoms with Crippen LogP contribution in [0.4, 0.5) is 5.69 Å². The van der Waals surface area contributed by atoms with Gasteiger partial charge in [-0.3, -0.25) is 19.4 Å². The molecule has 0 bridgehead atoms. The van der Waals surface area contributed by atoms with Crippen LogP contribution in [0.25, 0.3) is 0 Å². The van der Waals surface area contributed by atoms with E-state index in [1.54, 1.807) is 61.3 Å². The average molecular weight is 479 g/mol. The Balaban J connectivity index is 1.24. The number of nitrogens with one attached hydrogen (secondary N) is 1. The summed E-state index contributed by atoms with van der Waals surface area (Å²) >= 11 is 1.47. The Morgan fingerprint density at radius 1 is 1.12 bits per heavy atom. The Morgan fingerprint density at radius 2 is 1.88 bits per heavy atom. The molecule has 4 rings (SSSR count). The summed E-state index contributed by atoms with van der Waals surface area (Å²) in [5.41, 5.74) is 1.60. The summed E-state index contributed by atoms with van der Waals surface area (Å²) in [7, 11) is 1.58. The van der Waals surface area contributed by atoms with Crippen molar-refractivity contribution in [2.24, 2.45) is 0 Å². The molecule has 176 valence electrons. The van der Waals surface area contributed by atoms with Crippen LogP contribution in [0, 0.1) is 0 Å². The Kier molecular flexibility index (Phi) is 7.64. The van der Waals surface area contributed by atoms with Crippen LogP contribution in [-0.2, 0) is 4.79 Å². The van der Waals surface area contributed by atoms with Gasteiger partial charge in [-0.15, -0.1) is 11.3 Å². The minimum Gasteiger partial charge on any atom is -0.497 e. The lowest BCUT2D eigenvalue weighted by Crippen LogP contribution is -2.38. The zero-order valence-electron chi connectivity index (χ0n) is 18.9. The van der Waals surface area contributed by atoms with E-state index in [1.807, 2.05) is 4.90 Å². The molecule has 34 heavy (non-hydrogen) atoms. The number of carbonyl (C=O) groups excluding carboxylic acids is 3. The first-order chi connectivity index (χ1) is 16.5. The van der Waals surface area contributed by atoms with Gasteiger partial charge in [-0.05, 0) is 49.2 Å². The number of methoxy groups -OCH3 is 1. The first-order valence-corrected chi connectivity index (χ1v) is 12.0. The lowest BCUT2D eigenvalue weighted by atomic mass is 9.97. The number of pyridine rings is 1. The quantitative estimate of drug-likeness (QED) is 0.488. The molecule has 9 heteroatoms. The lowest BCUT2D eigenvalue weighted by Gasteiger charge is -2.31. The number of thiazole rings is 1. The van der Waals surface area contributed by atoms with E-state index >= 15 is 0 Å². The number of likely N-dealkylation sites (tertiary alicyclic amines) is 1. The predicted molar refractivity (Wildman–Crippen MR) is 129 cm³/mol. The highest BCUT2D eigenvalue weighted by Crippen LogP contribution is 2.31. The number of piperidine rings is 1. The third-order valence-electron chi connectivity index (χ3n) is 5.85. The Morgan fingerprint density at radius 3 is 2.56 bits per heavy atom. The van der Waals surface area contributed by atoms with E-state index in [0.717, 1.165) is 17.8 Å². The van der Waals surface area contributed by atoms with Crippen molar-refractivity contribution >= 4 is 34.6 Å². The fraction of sp³-hybridized carbons (Fsp3) is 0.320. The van der Waals surface area contributed by atoms with Gasteiger partial charge in [0.2, 0.25) is 5.91 Å². The maximum Gasteiger partial charge on any atom is 0.275 e. The van der Waals surface area contributed by atoms with E-state index in [1.165, 1.54) is 11.3 Å². The van der Waals surface area contributed by atoms with Gasteiger partial charge < -0.3 is 15.0 Å². The van der Waals surface area contributed by atoms with Crippen molar-refractivity contribution in [1.29, 1.82) is 0 Å². The van der Waals surface area contributed by atoms with Crippen LogP contribution >= 0.6 is 11.3 Å². The number of Topliss-reactive ketones (excluding diaryl/α,β-unsaturated/α-hetero) is 1. The van der Waals surface area contributed by atoms with Gasteiger partial charge in [0.25, 0.3) is 5.91 Å². The van der Waals surface area contributed by atoms with Gasteiger partial charge in [-0.1, -0.05) is 0 Å². The molecule has 0 atom stereocenters. The second-order valence-corrected chi connectivity index (χ2v) is 8.96. The van der Waals surface area contributed by atoms with Gasteiger partial charge in [0.15, 0.2) is 5.78 Å². The maximum atomic E-state index is 12.6. The molecule has 8 nitrogen and oxygen atoms in total. The maximum absolute atomic E-state index is 12.6. The molecule has 1 fully saturated rings. The van der Waals surface area contributed by atoms with Crippen molar-refractivity contribution in [2.45, 2.75) is 31.6 Å². The topological polar surface area (TPSA) is 101 Å². The van der Waals surface area contributed by atoms with E-state index in [4.69, 9.17) is 4.74 Å². The molecule has 3 aromatic rings. The molecular formula is C25H26N4O4S. The van der Waals surface area contributed by atoms with Gasteiger partial charge >= 0.3 is 0 Å². The minimum atomic E-state index is -0.260. The summed E-state index contributed by atoms with van der Waals surface area (Å²) in [6.45, 7) is 1.24.